The quantitative estimate of drug-likeness (QED) is 0.659. The summed E-state index contributed by atoms with van der Waals surface area (Å²) in [5.41, 5.74) is 2.31. The van der Waals surface area contributed by atoms with Gasteiger partial charge in [0.15, 0.2) is 0 Å². The molecule has 1 rings (SSSR count). The molecule has 0 atom stereocenters. The summed E-state index contributed by atoms with van der Waals surface area (Å²) in [4.78, 5) is 0. The molecule has 0 aliphatic carbocycles. The fourth-order valence-corrected chi connectivity index (χ4v) is 1.57. The second-order valence-corrected chi connectivity index (χ2v) is 3.76. The second-order valence-electron chi connectivity index (χ2n) is 2.94. The van der Waals surface area contributed by atoms with E-state index in [1.807, 2.05) is 25.1 Å². The molecular weight excluding hydrogens is 203 g/mol. The van der Waals surface area contributed by atoms with E-state index >= 15 is 0 Å². The number of allylic oxidation sites excluding steroid dienone is 1. The van der Waals surface area contributed by atoms with Crippen molar-refractivity contribution in [3.05, 3.63) is 40.4 Å². The van der Waals surface area contributed by atoms with Gasteiger partial charge in [0.25, 0.3) is 0 Å². The average Bonchev–Trinajstić information content (AvgIpc) is 2.03. The van der Waals surface area contributed by atoms with E-state index in [1.54, 1.807) is 0 Å². The zero-order chi connectivity index (χ0) is 9.68. The standard InChI is InChI=1S/C11H12Cl2/c1-9-6-10(4-2-3-5-12)8-11(13)7-9/h2,4,6-8H,3,5H2,1H3. The lowest BCUT2D eigenvalue weighted by atomic mass is 10.1. The van der Waals surface area contributed by atoms with E-state index in [-0.39, 0.29) is 0 Å². The Labute approximate surface area is 89.2 Å². The van der Waals surface area contributed by atoms with Gasteiger partial charge in [-0.15, -0.1) is 11.6 Å². The van der Waals surface area contributed by atoms with Gasteiger partial charge in [-0.3, -0.25) is 0 Å². The van der Waals surface area contributed by atoms with Crippen molar-refractivity contribution in [1.29, 1.82) is 0 Å². The molecule has 0 radical (unpaired) electrons. The van der Waals surface area contributed by atoms with Crippen LogP contribution in [-0.4, -0.2) is 5.88 Å². The predicted molar refractivity (Wildman–Crippen MR) is 60.6 cm³/mol. The number of alkyl halides is 1. The Morgan fingerprint density at radius 3 is 2.69 bits per heavy atom. The Morgan fingerprint density at radius 2 is 2.08 bits per heavy atom. The van der Waals surface area contributed by atoms with Crippen LogP contribution in [0, 0.1) is 6.92 Å². The number of benzene rings is 1. The van der Waals surface area contributed by atoms with Crippen LogP contribution in [0.4, 0.5) is 0 Å². The van der Waals surface area contributed by atoms with E-state index in [9.17, 15) is 0 Å². The molecule has 0 bridgehead atoms. The van der Waals surface area contributed by atoms with Gasteiger partial charge in [-0.2, -0.15) is 0 Å². The lowest BCUT2D eigenvalue weighted by molar-refractivity contribution is 1.24. The van der Waals surface area contributed by atoms with Crippen LogP contribution in [0.1, 0.15) is 17.5 Å². The van der Waals surface area contributed by atoms with Crippen molar-refractivity contribution in [1.82, 2.24) is 0 Å². The van der Waals surface area contributed by atoms with Gasteiger partial charge in [0.05, 0.1) is 0 Å². The first-order chi connectivity index (χ1) is 6.22. The Kier molecular flexibility index (Phi) is 4.34. The van der Waals surface area contributed by atoms with Crippen LogP contribution in [0.3, 0.4) is 0 Å². The summed E-state index contributed by atoms with van der Waals surface area (Å²) in [5.74, 6) is 0.663. The van der Waals surface area contributed by atoms with Crippen LogP contribution in [0.25, 0.3) is 6.08 Å². The van der Waals surface area contributed by atoms with Crippen LogP contribution in [0.2, 0.25) is 5.02 Å². The molecule has 0 spiro atoms. The zero-order valence-corrected chi connectivity index (χ0v) is 9.07. The van der Waals surface area contributed by atoms with Crippen molar-refractivity contribution in [3.8, 4) is 0 Å². The molecule has 0 aliphatic heterocycles. The van der Waals surface area contributed by atoms with E-state index in [1.165, 1.54) is 5.56 Å². The van der Waals surface area contributed by atoms with Gasteiger partial charge in [0, 0.05) is 10.9 Å². The van der Waals surface area contributed by atoms with E-state index in [0.29, 0.717) is 5.88 Å². The number of halogens is 2. The van der Waals surface area contributed by atoms with Crippen molar-refractivity contribution < 1.29 is 0 Å². The summed E-state index contributed by atoms with van der Waals surface area (Å²) in [6, 6.07) is 5.98. The van der Waals surface area contributed by atoms with Gasteiger partial charge in [-0.1, -0.05) is 29.8 Å². The molecular formula is C11H12Cl2. The van der Waals surface area contributed by atoms with Crippen molar-refractivity contribution >= 4 is 29.3 Å². The number of aryl methyl sites for hydroxylation is 1. The maximum absolute atomic E-state index is 5.90. The highest BCUT2D eigenvalue weighted by Crippen LogP contribution is 2.15. The molecule has 0 N–H and O–H groups in total. The topological polar surface area (TPSA) is 0 Å². The first-order valence-electron chi connectivity index (χ1n) is 4.22. The van der Waals surface area contributed by atoms with Crippen LogP contribution in [-0.2, 0) is 0 Å². The van der Waals surface area contributed by atoms with Gasteiger partial charge in [0.1, 0.15) is 0 Å². The van der Waals surface area contributed by atoms with Gasteiger partial charge in [-0.25, -0.2) is 0 Å². The molecule has 0 heterocycles. The maximum Gasteiger partial charge on any atom is 0.0414 e. The van der Waals surface area contributed by atoms with Crippen LogP contribution >= 0.6 is 23.2 Å². The molecule has 0 unspecified atom stereocenters. The number of rotatable bonds is 3. The first kappa shape index (κ1) is 10.6. The Bertz CT molecular complexity index is 283. The van der Waals surface area contributed by atoms with Crippen LogP contribution < -0.4 is 0 Å². The third-order valence-corrected chi connectivity index (χ3v) is 2.09. The average molecular weight is 215 g/mol. The third kappa shape index (κ3) is 3.84. The molecule has 70 valence electrons. The second kappa shape index (κ2) is 5.31. The van der Waals surface area contributed by atoms with Gasteiger partial charge < -0.3 is 0 Å². The number of hydrogen-bond acceptors (Lipinski definition) is 0. The molecule has 0 aliphatic rings. The summed E-state index contributed by atoms with van der Waals surface area (Å²) >= 11 is 11.5. The molecule has 1 aromatic carbocycles. The fourth-order valence-electron chi connectivity index (χ4n) is 1.14. The van der Waals surface area contributed by atoms with E-state index < -0.39 is 0 Å². The summed E-state index contributed by atoms with van der Waals surface area (Å²) in [6.45, 7) is 2.03. The van der Waals surface area contributed by atoms with Gasteiger partial charge in [-0.05, 0) is 36.6 Å². The molecule has 1 aromatic rings. The smallest absolute Gasteiger partial charge is 0.0414 e. The summed E-state index contributed by atoms with van der Waals surface area (Å²) in [7, 11) is 0. The minimum absolute atomic E-state index is 0.663. The Morgan fingerprint density at radius 1 is 1.31 bits per heavy atom. The predicted octanol–water partition coefficient (Wildman–Crippen LogP) is 4.29. The van der Waals surface area contributed by atoms with Crippen LogP contribution in [0.5, 0.6) is 0 Å². The van der Waals surface area contributed by atoms with Crippen molar-refractivity contribution in [2.24, 2.45) is 0 Å². The maximum atomic E-state index is 5.90. The molecule has 0 fully saturated rings. The Balaban J connectivity index is 2.77. The van der Waals surface area contributed by atoms with E-state index in [4.69, 9.17) is 23.2 Å². The minimum Gasteiger partial charge on any atom is -0.126 e. The number of hydrogen-bond donors (Lipinski definition) is 0. The molecule has 0 saturated carbocycles. The Hall–Kier alpha value is -0.460. The van der Waals surface area contributed by atoms with Crippen molar-refractivity contribution in [2.75, 3.05) is 5.88 Å². The third-order valence-electron chi connectivity index (χ3n) is 1.65. The van der Waals surface area contributed by atoms with Crippen molar-refractivity contribution in [3.63, 3.8) is 0 Å². The van der Waals surface area contributed by atoms with Gasteiger partial charge >= 0.3 is 0 Å². The fraction of sp³-hybridized carbons (Fsp3) is 0.273. The first-order valence-corrected chi connectivity index (χ1v) is 5.13. The largest absolute Gasteiger partial charge is 0.126 e. The molecule has 0 amide bonds. The molecule has 0 nitrogen and oxygen atoms in total. The minimum atomic E-state index is 0.663. The van der Waals surface area contributed by atoms with E-state index in [2.05, 4.69) is 12.1 Å². The molecule has 13 heavy (non-hydrogen) atoms. The lowest BCUT2D eigenvalue weighted by Crippen LogP contribution is -1.77. The van der Waals surface area contributed by atoms with Crippen molar-refractivity contribution in [2.45, 2.75) is 13.3 Å². The lowest BCUT2D eigenvalue weighted by Gasteiger charge is -1.97. The van der Waals surface area contributed by atoms with E-state index in [0.717, 1.165) is 17.0 Å². The highest BCUT2D eigenvalue weighted by atomic mass is 35.5. The molecule has 0 saturated heterocycles. The normalized spacial score (nSPS) is 11.0. The highest BCUT2D eigenvalue weighted by molar-refractivity contribution is 6.30. The van der Waals surface area contributed by atoms with Crippen LogP contribution in [0.15, 0.2) is 24.3 Å². The zero-order valence-electron chi connectivity index (χ0n) is 7.56. The van der Waals surface area contributed by atoms with Gasteiger partial charge in [0.2, 0.25) is 0 Å². The summed E-state index contributed by atoms with van der Waals surface area (Å²) < 4.78 is 0. The monoisotopic (exact) mass is 214 g/mol. The molecule has 0 aromatic heterocycles. The molecule has 2 heteroatoms. The summed E-state index contributed by atoms with van der Waals surface area (Å²) in [5, 5.41) is 0.783. The SMILES string of the molecule is Cc1cc(Cl)cc(C=CCCCl)c1. The summed E-state index contributed by atoms with van der Waals surface area (Å²) in [6.07, 6.45) is 4.99. The highest BCUT2D eigenvalue weighted by Gasteiger charge is 1.92.